The van der Waals surface area contributed by atoms with Crippen molar-refractivity contribution in [1.82, 2.24) is 10.3 Å². The average Bonchev–Trinajstić information content (AvgIpc) is 2.77. The summed E-state index contributed by atoms with van der Waals surface area (Å²) in [7, 11) is 1.98. The number of aryl methyl sites for hydroxylation is 1. The number of rotatable bonds is 4. The predicted octanol–water partition coefficient (Wildman–Crippen LogP) is 3.88. The highest BCUT2D eigenvalue weighted by molar-refractivity contribution is 7.09. The van der Waals surface area contributed by atoms with Gasteiger partial charge in [0.1, 0.15) is 5.01 Å². The van der Waals surface area contributed by atoms with Crippen molar-refractivity contribution in [3.05, 3.63) is 51.5 Å². The Balaban J connectivity index is 2.28. The van der Waals surface area contributed by atoms with Gasteiger partial charge < -0.3 is 5.32 Å². The van der Waals surface area contributed by atoms with Crippen LogP contribution in [0.1, 0.15) is 47.6 Å². The Hall–Kier alpha value is -1.19. The molecule has 0 bridgehead atoms. The number of thiazole rings is 1. The molecule has 1 aromatic carbocycles. The number of aromatic nitrogens is 1. The summed E-state index contributed by atoms with van der Waals surface area (Å²) in [4.78, 5) is 4.57. The molecule has 2 aromatic rings. The first-order valence-corrected chi connectivity index (χ1v) is 7.19. The first-order chi connectivity index (χ1) is 8.61. The zero-order chi connectivity index (χ0) is 13.1. The molecule has 0 radical (unpaired) electrons. The van der Waals surface area contributed by atoms with E-state index in [9.17, 15) is 0 Å². The van der Waals surface area contributed by atoms with Gasteiger partial charge in [-0.1, -0.05) is 38.1 Å². The van der Waals surface area contributed by atoms with Crippen LogP contribution in [-0.2, 0) is 0 Å². The second kappa shape index (κ2) is 5.63. The van der Waals surface area contributed by atoms with Gasteiger partial charge in [-0.25, -0.2) is 4.98 Å². The minimum atomic E-state index is 0.199. The lowest BCUT2D eigenvalue weighted by atomic mass is 9.99. The Labute approximate surface area is 113 Å². The summed E-state index contributed by atoms with van der Waals surface area (Å²) in [6, 6.07) is 9.03. The number of benzene rings is 1. The maximum Gasteiger partial charge on any atom is 0.114 e. The van der Waals surface area contributed by atoms with E-state index >= 15 is 0 Å². The maximum absolute atomic E-state index is 4.57. The summed E-state index contributed by atoms with van der Waals surface area (Å²) in [5.41, 5.74) is 3.74. The average molecular weight is 260 g/mol. The maximum atomic E-state index is 4.57. The molecule has 0 fully saturated rings. The Morgan fingerprint density at radius 1 is 1.11 bits per heavy atom. The van der Waals surface area contributed by atoms with Crippen molar-refractivity contribution >= 4 is 11.3 Å². The van der Waals surface area contributed by atoms with Gasteiger partial charge in [0.15, 0.2) is 0 Å². The monoisotopic (exact) mass is 260 g/mol. The molecule has 0 spiro atoms. The number of nitrogens with zero attached hydrogens (tertiary/aromatic N) is 1. The number of nitrogens with one attached hydrogen (secondary N) is 1. The summed E-state index contributed by atoms with van der Waals surface area (Å²) < 4.78 is 0. The smallest absolute Gasteiger partial charge is 0.114 e. The van der Waals surface area contributed by atoms with Gasteiger partial charge in [0.05, 0.1) is 6.04 Å². The fourth-order valence-corrected chi connectivity index (χ4v) is 2.94. The number of hydrogen-bond donors (Lipinski definition) is 1. The van der Waals surface area contributed by atoms with Crippen molar-refractivity contribution in [3.8, 4) is 0 Å². The van der Waals surface area contributed by atoms with E-state index in [2.05, 4.69) is 53.8 Å². The summed E-state index contributed by atoms with van der Waals surface area (Å²) in [5.74, 6) is 0.578. The van der Waals surface area contributed by atoms with Gasteiger partial charge in [0.25, 0.3) is 0 Å². The molecule has 2 rings (SSSR count). The van der Waals surface area contributed by atoms with Gasteiger partial charge >= 0.3 is 0 Å². The minimum absolute atomic E-state index is 0.199. The van der Waals surface area contributed by atoms with Crippen molar-refractivity contribution in [2.24, 2.45) is 0 Å². The van der Waals surface area contributed by atoms with Crippen molar-refractivity contribution in [3.63, 3.8) is 0 Å². The van der Waals surface area contributed by atoms with Crippen molar-refractivity contribution in [2.45, 2.75) is 32.7 Å². The number of hydrogen-bond acceptors (Lipinski definition) is 3. The van der Waals surface area contributed by atoms with E-state index in [0.29, 0.717) is 5.92 Å². The molecule has 1 heterocycles. The second-order valence-electron chi connectivity index (χ2n) is 4.87. The molecule has 0 saturated carbocycles. The molecule has 1 aromatic heterocycles. The highest BCUT2D eigenvalue weighted by Crippen LogP contribution is 2.26. The topological polar surface area (TPSA) is 24.9 Å². The quantitative estimate of drug-likeness (QED) is 0.902. The molecule has 0 amide bonds. The van der Waals surface area contributed by atoms with Crippen LogP contribution < -0.4 is 5.32 Å². The van der Waals surface area contributed by atoms with Crippen LogP contribution in [0.5, 0.6) is 0 Å². The molecule has 0 saturated heterocycles. The van der Waals surface area contributed by atoms with Crippen LogP contribution in [0.15, 0.2) is 29.6 Å². The molecule has 0 aliphatic carbocycles. The Bertz CT molecular complexity index is 499. The minimum Gasteiger partial charge on any atom is -0.307 e. The van der Waals surface area contributed by atoms with Crippen molar-refractivity contribution in [1.29, 1.82) is 0 Å². The fourth-order valence-electron chi connectivity index (χ4n) is 2.01. The molecule has 3 heteroatoms. The Morgan fingerprint density at radius 3 is 2.17 bits per heavy atom. The van der Waals surface area contributed by atoms with E-state index in [1.165, 1.54) is 11.1 Å². The van der Waals surface area contributed by atoms with E-state index < -0.39 is 0 Å². The summed E-state index contributed by atoms with van der Waals surface area (Å²) in [5, 5.41) is 6.58. The molecule has 0 aliphatic rings. The van der Waals surface area contributed by atoms with Gasteiger partial charge in [-0.05, 0) is 31.0 Å². The van der Waals surface area contributed by atoms with E-state index in [1.54, 1.807) is 11.3 Å². The fraction of sp³-hybridized carbons (Fsp3) is 0.400. The van der Waals surface area contributed by atoms with E-state index in [-0.39, 0.29) is 6.04 Å². The normalized spacial score (nSPS) is 12.9. The summed E-state index contributed by atoms with van der Waals surface area (Å²) in [6.07, 6.45) is 0. The van der Waals surface area contributed by atoms with Gasteiger partial charge in [0.2, 0.25) is 0 Å². The second-order valence-corrected chi connectivity index (χ2v) is 5.76. The largest absolute Gasteiger partial charge is 0.307 e. The Morgan fingerprint density at radius 2 is 1.72 bits per heavy atom. The lowest BCUT2D eigenvalue weighted by Crippen LogP contribution is -2.17. The van der Waals surface area contributed by atoms with Gasteiger partial charge in [0, 0.05) is 11.1 Å². The van der Waals surface area contributed by atoms with Gasteiger partial charge in [-0.3, -0.25) is 0 Å². The zero-order valence-electron chi connectivity index (χ0n) is 11.4. The van der Waals surface area contributed by atoms with Crippen LogP contribution >= 0.6 is 11.3 Å². The molecular weight excluding hydrogens is 240 g/mol. The lowest BCUT2D eigenvalue weighted by Gasteiger charge is -2.15. The van der Waals surface area contributed by atoms with Crippen LogP contribution in [0.4, 0.5) is 0 Å². The highest BCUT2D eigenvalue weighted by Gasteiger charge is 2.15. The molecule has 1 atom stereocenters. The highest BCUT2D eigenvalue weighted by atomic mass is 32.1. The van der Waals surface area contributed by atoms with Crippen molar-refractivity contribution < 1.29 is 0 Å². The van der Waals surface area contributed by atoms with Crippen molar-refractivity contribution in [2.75, 3.05) is 7.05 Å². The third-order valence-electron chi connectivity index (χ3n) is 3.11. The summed E-state index contributed by atoms with van der Waals surface area (Å²) >= 11 is 1.71. The lowest BCUT2D eigenvalue weighted by molar-refractivity contribution is 0.684. The van der Waals surface area contributed by atoms with E-state index in [4.69, 9.17) is 0 Å². The van der Waals surface area contributed by atoms with E-state index in [0.717, 1.165) is 10.7 Å². The van der Waals surface area contributed by atoms with Crippen LogP contribution in [0.2, 0.25) is 0 Å². The molecule has 0 aliphatic heterocycles. The Kier molecular flexibility index (Phi) is 4.15. The molecular formula is C15H20N2S. The van der Waals surface area contributed by atoms with Crippen LogP contribution in [0, 0.1) is 6.92 Å². The first-order valence-electron chi connectivity index (χ1n) is 6.31. The first kappa shape index (κ1) is 13.2. The standard InChI is InChI=1S/C15H20N2S/c1-10(2)12-5-7-13(8-6-12)14(16-4)15-17-11(3)9-18-15/h5-10,14,16H,1-4H3. The van der Waals surface area contributed by atoms with Crippen LogP contribution in [0.25, 0.3) is 0 Å². The van der Waals surface area contributed by atoms with Crippen LogP contribution in [-0.4, -0.2) is 12.0 Å². The summed E-state index contributed by atoms with van der Waals surface area (Å²) in [6.45, 7) is 6.47. The molecule has 1 N–H and O–H groups in total. The molecule has 2 nitrogen and oxygen atoms in total. The predicted molar refractivity (Wildman–Crippen MR) is 78.3 cm³/mol. The third kappa shape index (κ3) is 2.79. The van der Waals surface area contributed by atoms with E-state index in [1.807, 2.05) is 14.0 Å². The zero-order valence-corrected chi connectivity index (χ0v) is 12.2. The van der Waals surface area contributed by atoms with Gasteiger partial charge in [-0.15, -0.1) is 11.3 Å². The third-order valence-corrected chi connectivity index (χ3v) is 4.14. The molecule has 96 valence electrons. The molecule has 18 heavy (non-hydrogen) atoms. The van der Waals surface area contributed by atoms with Crippen LogP contribution in [0.3, 0.4) is 0 Å². The van der Waals surface area contributed by atoms with Gasteiger partial charge in [-0.2, -0.15) is 0 Å². The SMILES string of the molecule is CNC(c1ccc(C(C)C)cc1)c1nc(C)cs1. The molecule has 1 unspecified atom stereocenters.